The maximum absolute atomic E-state index is 12.5. The zero-order chi connectivity index (χ0) is 17.6. The lowest BCUT2D eigenvalue weighted by Gasteiger charge is -2.15. The second kappa shape index (κ2) is 7.77. The molecular weight excluding hydrogens is 336 g/mol. The third-order valence-corrected chi connectivity index (χ3v) is 3.88. The van der Waals surface area contributed by atoms with Gasteiger partial charge in [0.25, 0.3) is 5.91 Å². The van der Waals surface area contributed by atoms with Gasteiger partial charge in [-0.05, 0) is 48.9 Å². The molecule has 3 aromatic rings. The van der Waals surface area contributed by atoms with Crippen LogP contribution in [0, 0.1) is 0 Å². The van der Waals surface area contributed by atoms with E-state index in [-0.39, 0.29) is 11.9 Å². The van der Waals surface area contributed by atoms with E-state index in [0.717, 1.165) is 11.3 Å². The largest absolute Gasteiger partial charge is 0.346 e. The van der Waals surface area contributed by atoms with Crippen LogP contribution in [0.2, 0.25) is 5.02 Å². The van der Waals surface area contributed by atoms with E-state index in [1.807, 2.05) is 37.3 Å². The zero-order valence-electron chi connectivity index (χ0n) is 13.6. The molecule has 1 aromatic heterocycles. The van der Waals surface area contributed by atoms with Crippen LogP contribution >= 0.6 is 11.6 Å². The molecule has 2 aromatic carbocycles. The SMILES string of the molecule is C[C@@H](NC(=O)c1cccc(Nc2ncccn2)c1)c1cccc(Cl)c1. The highest BCUT2D eigenvalue weighted by Gasteiger charge is 2.12. The van der Waals surface area contributed by atoms with Crippen LogP contribution in [0.4, 0.5) is 11.6 Å². The Labute approximate surface area is 151 Å². The molecule has 6 heteroatoms. The highest BCUT2D eigenvalue weighted by Crippen LogP contribution is 2.19. The molecule has 3 rings (SSSR count). The number of hydrogen-bond donors (Lipinski definition) is 2. The summed E-state index contributed by atoms with van der Waals surface area (Å²) in [7, 11) is 0. The molecule has 2 N–H and O–H groups in total. The summed E-state index contributed by atoms with van der Waals surface area (Å²) < 4.78 is 0. The molecule has 0 saturated carbocycles. The number of rotatable bonds is 5. The van der Waals surface area contributed by atoms with Gasteiger partial charge < -0.3 is 10.6 Å². The fraction of sp³-hybridized carbons (Fsp3) is 0.105. The number of amides is 1. The van der Waals surface area contributed by atoms with Crippen molar-refractivity contribution in [1.29, 1.82) is 0 Å². The first-order valence-electron chi connectivity index (χ1n) is 7.82. The number of nitrogens with zero attached hydrogens (tertiary/aromatic N) is 2. The first-order chi connectivity index (χ1) is 12.1. The van der Waals surface area contributed by atoms with Crippen molar-refractivity contribution in [2.45, 2.75) is 13.0 Å². The lowest BCUT2D eigenvalue weighted by molar-refractivity contribution is 0.0940. The van der Waals surface area contributed by atoms with E-state index in [1.54, 1.807) is 36.7 Å². The molecule has 0 aliphatic carbocycles. The number of aromatic nitrogens is 2. The molecule has 0 fully saturated rings. The van der Waals surface area contributed by atoms with Gasteiger partial charge in [-0.15, -0.1) is 0 Å². The summed E-state index contributed by atoms with van der Waals surface area (Å²) in [5, 5.41) is 6.69. The molecule has 1 atom stereocenters. The maximum Gasteiger partial charge on any atom is 0.251 e. The fourth-order valence-corrected chi connectivity index (χ4v) is 2.57. The minimum absolute atomic E-state index is 0.153. The molecule has 0 aliphatic rings. The number of hydrogen-bond acceptors (Lipinski definition) is 4. The standard InChI is InChI=1S/C19H17ClN4O/c1-13(14-5-2-7-16(20)11-14)23-18(25)15-6-3-8-17(12-15)24-19-21-9-4-10-22-19/h2-13H,1H3,(H,23,25)(H,21,22,24)/t13-/m1/s1. The van der Waals surface area contributed by atoms with Gasteiger partial charge in [0.2, 0.25) is 5.95 Å². The number of carbonyl (C=O) groups excluding carboxylic acids is 1. The van der Waals surface area contributed by atoms with Crippen molar-refractivity contribution < 1.29 is 4.79 Å². The molecule has 0 saturated heterocycles. The van der Waals surface area contributed by atoms with Crippen molar-refractivity contribution in [2.75, 3.05) is 5.32 Å². The Hall–Kier alpha value is -2.92. The van der Waals surface area contributed by atoms with Crippen LogP contribution in [-0.4, -0.2) is 15.9 Å². The Balaban J connectivity index is 1.71. The third-order valence-electron chi connectivity index (χ3n) is 3.64. The van der Waals surface area contributed by atoms with E-state index < -0.39 is 0 Å². The van der Waals surface area contributed by atoms with E-state index in [2.05, 4.69) is 20.6 Å². The molecular formula is C19H17ClN4O. The van der Waals surface area contributed by atoms with Crippen LogP contribution in [-0.2, 0) is 0 Å². The van der Waals surface area contributed by atoms with Crippen molar-refractivity contribution in [1.82, 2.24) is 15.3 Å². The van der Waals surface area contributed by atoms with Crippen LogP contribution in [0.5, 0.6) is 0 Å². The fourth-order valence-electron chi connectivity index (χ4n) is 2.37. The van der Waals surface area contributed by atoms with Crippen molar-refractivity contribution in [3.63, 3.8) is 0 Å². The van der Waals surface area contributed by atoms with Gasteiger partial charge in [-0.1, -0.05) is 29.8 Å². The van der Waals surface area contributed by atoms with E-state index in [9.17, 15) is 4.79 Å². The third kappa shape index (κ3) is 4.55. The molecule has 0 bridgehead atoms. The predicted molar refractivity (Wildman–Crippen MR) is 99.1 cm³/mol. The number of benzene rings is 2. The lowest BCUT2D eigenvalue weighted by Crippen LogP contribution is -2.26. The highest BCUT2D eigenvalue weighted by atomic mass is 35.5. The van der Waals surface area contributed by atoms with Crippen molar-refractivity contribution in [2.24, 2.45) is 0 Å². The predicted octanol–water partition coefficient (Wildman–Crippen LogP) is 4.36. The summed E-state index contributed by atoms with van der Waals surface area (Å²) in [6, 6.07) is 16.2. The Bertz CT molecular complexity index is 870. The molecule has 1 amide bonds. The summed E-state index contributed by atoms with van der Waals surface area (Å²) in [6.07, 6.45) is 3.30. The smallest absolute Gasteiger partial charge is 0.251 e. The number of carbonyl (C=O) groups is 1. The summed E-state index contributed by atoms with van der Waals surface area (Å²) >= 11 is 6.01. The molecule has 25 heavy (non-hydrogen) atoms. The van der Waals surface area contributed by atoms with Crippen LogP contribution in [0.25, 0.3) is 0 Å². The minimum atomic E-state index is -0.162. The first-order valence-corrected chi connectivity index (χ1v) is 8.20. The minimum Gasteiger partial charge on any atom is -0.346 e. The summed E-state index contributed by atoms with van der Waals surface area (Å²) in [5.41, 5.74) is 2.25. The van der Waals surface area contributed by atoms with Gasteiger partial charge in [0, 0.05) is 28.7 Å². The Kier molecular flexibility index (Phi) is 5.26. The van der Waals surface area contributed by atoms with Gasteiger partial charge >= 0.3 is 0 Å². The van der Waals surface area contributed by atoms with Gasteiger partial charge in [-0.25, -0.2) is 9.97 Å². The molecule has 0 spiro atoms. The molecule has 0 radical (unpaired) electrons. The second-order valence-corrected chi connectivity index (χ2v) is 5.96. The Morgan fingerprint density at radius 3 is 2.56 bits per heavy atom. The van der Waals surface area contributed by atoms with Crippen LogP contribution in [0.15, 0.2) is 67.0 Å². The Morgan fingerprint density at radius 1 is 1.04 bits per heavy atom. The molecule has 0 unspecified atom stereocenters. The number of nitrogens with one attached hydrogen (secondary N) is 2. The van der Waals surface area contributed by atoms with Gasteiger partial charge in [0.05, 0.1) is 6.04 Å². The van der Waals surface area contributed by atoms with E-state index in [4.69, 9.17) is 11.6 Å². The average molecular weight is 353 g/mol. The van der Waals surface area contributed by atoms with Crippen molar-refractivity contribution in [3.8, 4) is 0 Å². The summed E-state index contributed by atoms with van der Waals surface area (Å²) in [4.78, 5) is 20.7. The topological polar surface area (TPSA) is 66.9 Å². The lowest BCUT2D eigenvalue weighted by atomic mass is 10.1. The van der Waals surface area contributed by atoms with Crippen LogP contribution < -0.4 is 10.6 Å². The summed E-state index contributed by atoms with van der Waals surface area (Å²) in [5.74, 6) is 0.317. The quantitative estimate of drug-likeness (QED) is 0.715. The monoisotopic (exact) mass is 352 g/mol. The van der Waals surface area contributed by atoms with Crippen molar-refractivity contribution in [3.05, 3.63) is 83.1 Å². The first kappa shape index (κ1) is 16.9. The average Bonchev–Trinajstić information content (AvgIpc) is 2.63. The Morgan fingerprint density at radius 2 is 1.80 bits per heavy atom. The second-order valence-electron chi connectivity index (χ2n) is 5.53. The highest BCUT2D eigenvalue weighted by molar-refractivity contribution is 6.30. The van der Waals surface area contributed by atoms with Gasteiger partial charge in [0.1, 0.15) is 0 Å². The van der Waals surface area contributed by atoms with Crippen molar-refractivity contribution >= 4 is 29.1 Å². The number of halogens is 1. The van der Waals surface area contributed by atoms with Gasteiger partial charge in [-0.2, -0.15) is 0 Å². The molecule has 1 heterocycles. The van der Waals surface area contributed by atoms with Gasteiger partial charge in [0.15, 0.2) is 0 Å². The molecule has 126 valence electrons. The van der Waals surface area contributed by atoms with E-state index in [0.29, 0.717) is 16.5 Å². The molecule has 5 nitrogen and oxygen atoms in total. The normalized spacial score (nSPS) is 11.6. The molecule has 0 aliphatic heterocycles. The summed E-state index contributed by atoms with van der Waals surface area (Å²) in [6.45, 7) is 1.92. The van der Waals surface area contributed by atoms with Crippen LogP contribution in [0.3, 0.4) is 0 Å². The maximum atomic E-state index is 12.5. The van der Waals surface area contributed by atoms with Gasteiger partial charge in [-0.3, -0.25) is 4.79 Å². The number of anilines is 2. The van der Waals surface area contributed by atoms with Crippen LogP contribution in [0.1, 0.15) is 28.9 Å². The van der Waals surface area contributed by atoms with E-state index in [1.165, 1.54) is 0 Å². The van der Waals surface area contributed by atoms with E-state index >= 15 is 0 Å². The zero-order valence-corrected chi connectivity index (χ0v) is 14.4.